The van der Waals surface area contributed by atoms with Crippen molar-refractivity contribution in [3.63, 3.8) is 0 Å². The molecule has 150 valence electrons. The van der Waals surface area contributed by atoms with E-state index in [2.05, 4.69) is 9.97 Å². The van der Waals surface area contributed by atoms with E-state index in [1.807, 2.05) is 35.8 Å². The average molecular weight is 420 g/mol. The van der Waals surface area contributed by atoms with Crippen molar-refractivity contribution in [2.75, 3.05) is 0 Å². The topological polar surface area (TPSA) is 74.1 Å². The van der Waals surface area contributed by atoms with Gasteiger partial charge >= 0.3 is 5.97 Å². The molecule has 0 saturated carbocycles. The van der Waals surface area contributed by atoms with Crippen LogP contribution >= 0.6 is 11.6 Å². The van der Waals surface area contributed by atoms with Gasteiger partial charge in [-0.2, -0.15) is 0 Å². The smallest absolute Gasteiger partial charge is 0.314 e. The van der Waals surface area contributed by atoms with Gasteiger partial charge in [0.15, 0.2) is 5.78 Å². The Morgan fingerprint density at radius 3 is 2.60 bits per heavy atom. The number of aryl methyl sites for hydroxylation is 1. The molecule has 2 heterocycles. The van der Waals surface area contributed by atoms with Gasteiger partial charge in [0.2, 0.25) is 0 Å². The molecule has 0 spiro atoms. The SMILES string of the molecule is Cc1nc2cnccc2n1-c1ccc(C(=O)CC(=O)OCc2ccccc2Cl)cc1. The first-order valence-corrected chi connectivity index (χ1v) is 9.72. The molecule has 0 fully saturated rings. The molecular formula is C23H18ClN3O3. The molecule has 4 aromatic rings. The lowest BCUT2D eigenvalue weighted by Crippen LogP contribution is -2.12. The minimum atomic E-state index is -0.590. The summed E-state index contributed by atoms with van der Waals surface area (Å²) in [5.41, 5.74) is 3.75. The summed E-state index contributed by atoms with van der Waals surface area (Å²) in [6, 6.07) is 16.1. The van der Waals surface area contributed by atoms with Crippen LogP contribution in [0.25, 0.3) is 16.7 Å². The maximum atomic E-state index is 12.5. The Morgan fingerprint density at radius 2 is 1.83 bits per heavy atom. The highest BCUT2D eigenvalue weighted by molar-refractivity contribution is 6.31. The minimum Gasteiger partial charge on any atom is -0.460 e. The summed E-state index contributed by atoms with van der Waals surface area (Å²) < 4.78 is 7.17. The van der Waals surface area contributed by atoms with Crippen LogP contribution in [0.1, 0.15) is 28.2 Å². The summed E-state index contributed by atoms with van der Waals surface area (Å²) >= 11 is 6.05. The third-order valence-corrected chi connectivity index (χ3v) is 5.09. The van der Waals surface area contributed by atoms with Crippen LogP contribution < -0.4 is 0 Å². The zero-order valence-electron chi connectivity index (χ0n) is 16.2. The monoisotopic (exact) mass is 419 g/mol. The van der Waals surface area contributed by atoms with E-state index in [1.54, 1.807) is 42.7 Å². The number of carbonyl (C=O) groups is 2. The minimum absolute atomic E-state index is 0.0343. The van der Waals surface area contributed by atoms with Gasteiger partial charge in [-0.15, -0.1) is 0 Å². The van der Waals surface area contributed by atoms with Crippen molar-refractivity contribution in [3.8, 4) is 5.69 Å². The molecule has 0 aliphatic carbocycles. The van der Waals surface area contributed by atoms with Gasteiger partial charge in [0.1, 0.15) is 24.4 Å². The van der Waals surface area contributed by atoms with Crippen molar-refractivity contribution < 1.29 is 14.3 Å². The number of benzene rings is 2. The highest BCUT2D eigenvalue weighted by Crippen LogP contribution is 2.21. The standard InChI is InChI=1S/C23H18ClN3O3/c1-15-26-20-13-25-11-10-21(20)27(15)18-8-6-16(7-9-18)22(28)12-23(29)30-14-17-4-2-3-5-19(17)24/h2-11,13H,12,14H2,1H3. The van der Waals surface area contributed by atoms with Crippen LogP contribution in [-0.2, 0) is 16.1 Å². The predicted molar refractivity (Wildman–Crippen MR) is 114 cm³/mol. The van der Waals surface area contributed by atoms with Crippen molar-refractivity contribution in [3.05, 3.63) is 89.0 Å². The van der Waals surface area contributed by atoms with Crippen LogP contribution in [0, 0.1) is 6.92 Å². The van der Waals surface area contributed by atoms with E-state index in [9.17, 15) is 9.59 Å². The first-order valence-electron chi connectivity index (χ1n) is 9.34. The van der Waals surface area contributed by atoms with Crippen molar-refractivity contribution in [1.82, 2.24) is 14.5 Å². The molecule has 2 aromatic heterocycles. The predicted octanol–water partition coefficient (Wildman–Crippen LogP) is 4.70. The molecule has 6 nitrogen and oxygen atoms in total. The van der Waals surface area contributed by atoms with E-state index in [-0.39, 0.29) is 18.8 Å². The maximum Gasteiger partial charge on any atom is 0.314 e. The molecule has 0 aliphatic rings. The van der Waals surface area contributed by atoms with Gasteiger partial charge in [0.25, 0.3) is 0 Å². The molecule has 7 heteroatoms. The fourth-order valence-corrected chi connectivity index (χ4v) is 3.42. The van der Waals surface area contributed by atoms with E-state index in [0.717, 1.165) is 22.5 Å². The Morgan fingerprint density at radius 1 is 1.07 bits per heavy atom. The van der Waals surface area contributed by atoms with Crippen molar-refractivity contribution in [2.24, 2.45) is 0 Å². The zero-order chi connectivity index (χ0) is 21.1. The fraction of sp³-hybridized carbons (Fsp3) is 0.130. The number of ether oxygens (including phenoxy) is 1. The number of hydrogen-bond acceptors (Lipinski definition) is 5. The number of halogens is 1. The highest BCUT2D eigenvalue weighted by atomic mass is 35.5. The number of esters is 1. The molecule has 0 saturated heterocycles. The van der Waals surface area contributed by atoms with Crippen LogP contribution in [0.3, 0.4) is 0 Å². The number of aromatic nitrogens is 3. The molecule has 0 aliphatic heterocycles. The summed E-state index contributed by atoms with van der Waals surface area (Å²) in [7, 11) is 0. The van der Waals surface area contributed by atoms with Crippen molar-refractivity contribution >= 4 is 34.4 Å². The van der Waals surface area contributed by atoms with Gasteiger partial charge in [-0.3, -0.25) is 19.1 Å². The summed E-state index contributed by atoms with van der Waals surface area (Å²) in [6.07, 6.45) is 3.10. The normalized spacial score (nSPS) is 10.9. The zero-order valence-corrected chi connectivity index (χ0v) is 17.0. The molecule has 0 amide bonds. The Hall–Kier alpha value is -3.51. The molecular weight excluding hydrogens is 402 g/mol. The number of fused-ring (bicyclic) bond motifs is 1. The van der Waals surface area contributed by atoms with E-state index in [4.69, 9.17) is 16.3 Å². The lowest BCUT2D eigenvalue weighted by Gasteiger charge is -2.08. The molecule has 30 heavy (non-hydrogen) atoms. The van der Waals surface area contributed by atoms with Gasteiger partial charge in [0.05, 0.1) is 11.7 Å². The largest absolute Gasteiger partial charge is 0.460 e. The van der Waals surface area contributed by atoms with Crippen LogP contribution in [0.2, 0.25) is 5.02 Å². The second kappa shape index (κ2) is 8.47. The third kappa shape index (κ3) is 4.09. The lowest BCUT2D eigenvalue weighted by atomic mass is 10.1. The van der Waals surface area contributed by atoms with Crippen molar-refractivity contribution in [2.45, 2.75) is 20.0 Å². The number of hydrogen-bond donors (Lipinski definition) is 0. The molecule has 0 atom stereocenters. The number of imidazole rings is 1. The van der Waals surface area contributed by atoms with Crippen LogP contribution in [0.5, 0.6) is 0 Å². The van der Waals surface area contributed by atoms with E-state index < -0.39 is 5.97 Å². The molecule has 0 bridgehead atoms. The van der Waals surface area contributed by atoms with Gasteiger partial charge in [-0.25, -0.2) is 4.98 Å². The van der Waals surface area contributed by atoms with Crippen LogP contribution in [0.4, 0.5) is 0 Å². The number of ketones is 1. The number of rotatable bonds is 6. The molecule has 0 N–H and O–H groups in total. The first kappa shape index (κ1) is 19.8. The third-order valence-electron chi connectivity index (χ3n) is 4.72. The second-order valence-electron chi connectivity index (χ2n) is 6.76. The van der Waals surface area contributed by atoms with Crippen LogP contribution in [0.15, 0.2) is 67.0 Å². The summed E-state index contributed by atoms with van der Waals surface area (Å²) in [6.45, 7) is 1.95. The fourth-order valence-electron chi connectivity index (χ4n) is 3.23. The van der Waals surface area contributed by atoms with E-state index >= 15 is 0 Å². The van der Waals surface area contributed by atoms with Gasteiger partial charge in [0, 0.05) is 28.0 Å². The van der Waals surface area contributed by atoms with Gasteiger partial charge in [-0.1, -0.05) is 29.8 Å². The van der Waals surface area contributed by atoms with Crippen LogP contribution in [-0.4, -0.2) is 26.3 Å². The lowest BCUT2D eigenvalue weighted by molar-refractivity contribution is -0.143. The number of Topliss-reactive ketones (excluding diaryl/α,β-unsaturated/α-hetero) is 1. The quantitative estimate of drug-likeness (QED) is 0.257. The summed E-state index contributed by atoms with van der Waals surface area (Å²) in [5, 5.41) is 0.519. The van der Waals surface area contributed by atoms with E-state index in [1.165, 1.54) is 0 Å². The Kier molecular flexibility index (Phi) is 5.59. The Labute approximate surface area is 178 Å². The van der Waals surface area contributed by atoms with Gasteiger partial charge < -0.3 is 4.74 Å². The highest BCUT2D eigenvalue weighted by Gasteiger charge is 2.15. The molecule has 4 rings (SSSR count). The van der Waals surface area contributed by atoms with Crippen molar-refractivity contribution in [1.29, 1.82) is 0 Å². The maximum absolute atomic E-state index is 12.5. The summed E-state index contributed by atoms with van der Waals surface area (Å²) in [4.78, 5) is 33.1. The first-order chi connectivity index (χ1) is 14.5. The second-order valence-corrected chi connectivity index (χ2v) is 7.16. The Balaban J connectivity index is 1.43. The molecule has 2 aromatic carbocycles. The average Bonchev–Trinajstić information content (AvgIpc) is 3.09. The van der Waals surface area contributed by atoms with E-state index in [0.29, 0.717) is 16.1 Å². The number of nitrogens with zero attached hydrogens (tertiary/aromatic N) is 3. The Bertz CT molecular complexity index is 1230. The number of carbonyl (C=O) groups excluding carboxylic acids is 2. The molecule has 0 radical (unpaired) electrons. The van der Waals surface area contributed by atoms with Gasteiger partial charge in [-0.05, 0) is 43.3 Å². The number of pyridine rings is 1. The summed E-state index contributed by atoms with van der Waals surface area (Å²) in [5.74, 6) is -0.0738. The molecule has 0 unspecified atom stereocenters.